The zero-order chi connectivity index (χ0) is 18.2. The van der Waals surface area contributed by atoms with Crippen LogP contribution in [0.4, 0.5) is 0 Å². The monoisotopic (exact) mass is 297 g/mol. The number of nitrogens with zero attached hydrogens (tertiary/aromatic N) is 3. The Morgan fingerprint density at radius 2 is 2.00 bits per heavy atom. The van der Waals surface area contributed by atoms with Crippen molar-refractivity contribution >= 4 is 11.6 Å². The fraction of sp³-hybridized carbons (Fsp3) is 0.467. The zero-order valence-electron chi connectivity index (χ0n) is 15.7. The topological polar surface area (TPSA) is 50.9 Å². The third kappa shape index (κ3) is 3.58. The Morgan fingerprint density at radius 1 is 1.35 bits per heavy atom. The van der Waals surface area contributed by atoms with Gasteiger partial charge in [-0.25, -0.2) is 9.67 Å². The van der Waals surface area contributed by atoms with Gasteiger partial charge in [0.2, 0.25) is 0 Å². The average Bonchev–Trinajstić information content (AvgIpc) is 3.04. The largest absolute Gasteiger partial charge is 0.390 e. The van der Waals surface area contributed by atoms with Crippen LogP contribution in [0.3, 0.4) is 0 Å². The number of aliphatic hydroxyl groups excluding tert-OH is 1. The third-order valence-corrected chi connectivity index (χ3v) is 3.28. The van der Waals surface area contributed by atoms with Gasteiger partial charge in [-0.1, -0.05) is 44.5 Å². The molecule has 20 heavy (non-hydrogen) atoms. The van der Waals surface area contributed by atoms with Gasteiger partial charge in [0.05, 0.1) is 17.6 Å². The van der Waals surface area contributed by atoms with Crippen LogP contribution in [0.5, 0.6) is 0 Å². The molecule has 0 spiro atoms. The molecule has 2 aromatic rings. The van der Waals surface area contributed by atoms with Crippen LogP contribution in [0.2, 0.25) is 5.02 Å². The minimum absolute atomic E-state index is 0.0778. The van der Waals surface area contributed by atoms with E-state index in [9.17, 15) is 5.11 Å². The molecule has 0 bridgehead atoms. The maximum atomic E-state index is 10.7. The van der Waals surface area contributed by atoms with Crippen molar-refractivity contribution in [2.75, 3.05) is 0 Å². The Kier molecular flexibility index (Phi) is 3.07. The van der Waals surface area contributed by atoms with Crippen LogP contribution in [-0.2, 0) is 6.42 Å². The van der Waals surface area contributed by atoms with Gasteiger partial charge in [-0.2, -0.15) is 5.10 Å². The van der Waals surface area contributed by atoms with Crippen molar-refractivity contribution in [3.05, 3.63) is 47.4 Å². The van der Waals surface area contributed by atoms with Crippen molar-refractivity contribution in [2.24, 2.45) is 5.41 Å². The Morgan fingerprint density at radius 3 is 2.50 bits per heavy atom. The van der Waals surface area contributed by atoms with Gasteiger partial charge in [0, 0.05) is 5.02 Å². The molecule has 2 rings (SSSR count). The highest BCUT2D eigenvalue weighted by molar-refractivity contribution is 6.30. The molecule has 1 aromatic carbocycles. The average molecular weight is 298 g/mol. The summed E-state index contributed by atoms with van der Waals surface area (Å²) >= 11 is 5.84. The van der Waals surface area contributed by atoms with Gasteiger partial charge in [0.15, 0.2) is 0 Å². The second kappa shape index (κ2) is 5.94. The van der Waals surface area contributed by atoms with Gasteiger partial charge in [-0.05, 0) is 29.5 Å². The number of hydrogen-bond acceptors (Lipinski definition) is 3. The zero-order valence-corrected chi connectivity index (χ0v) is 12.4. The maximum Gasteiger partial charge on any atom is 0.137 e. The number of rotatable bonds is 4. The van der Waals surface area contributed by atoms with Crippen LogP contribution >= 0.6 is 11.6 Å². The summed E-state index contributed by atoms with van der Waals surface area (Å²) in [5.41, 5.74) is -0.278. The first-order chi connectivity index (χ1) is 11.1. The standard InChI is InChI=1S/C15H20ClN3O/c1-15(2,3)14(20)13(19-10-17-9-18-19)8-11-4-6-12(16)7-5-11/h4-7,9-10,13-14,20H,8H2,1-3H3/t13-,14+/m0/s1/i4D,5D,6D,7D. The smallest absolute Gasteiger partial charge is 0.137 e. The lowest BCUT2D eigenvalue weighted by Gasteiger charge is -2.33. The quantitative estimate of drug-likeness (QED) is 0.943. The van der Waals surface area contributed by atoms with Crippen LogP contribution < -0.4 is 0 Å². The fourth-order valence-electron chi connectivity index (χ4n) is 1.95. The SMILES string of the molecule is [2H]c1c([2H])c(C[C@@H]([C@@H](O)C(C)(C)C)n2cncn2)c([2H])c([2H])c1Cl. The lowest BCUT2D eigenvalue weighted by Crippen LogP contribution is -2.37. The molecule has 0 aliphatic rings. The number of aliphatic hydroxyl groups is 1. The van der Waals surface area contributed by atoms with E-state index < -0.39 is 17.6 Å². The maximum absolute atomic E-state index is 10.7. The van der Waals surface area contributed by atoms with E-state index in [1.165, 1.54) is 17.3 Å². The second-order valence-electron chi connectivity index (χ2n) is 5.75. The van der Waals surface area contributed by atoms with E-state index in [2.05, 4.69) is 10.1 Å². The van der Waals surface area contributed by atoms with Crippen LogP contribution in [0.25, 0.3) is 0 Å². The molecule has 1 aromatic heterocycles. The first kappa shape index (κ1) is 10.4. The number of aromatic nitrogens is 3. The summed E-state index contributed by atoms with van der Waals surface area (Å²) in [6, 6.07) is -1.55. The van der Waals surface area contributed by atoms with Gasteiger partial charge in [0.25, 0.3) is 0 Å². The normalized spacial score (nSPS) is 17.9. The first-order valence-electron chi connectivity index (χ1n) is 8.32. The van der Waals surface area contributed by atoms with Gasteiger partial charge in [-0.3, -0.25) is 0 Å². The fourth-order valence-corrected chi connectivity index (χ4v) is 2.04. The number of halogens is 1. The van der Waals surface area contributed by atoms with E-state index in [0.29, 0.717) is 0 Å². The summed E-state index contributed by atoms with van der Waals surface area (Å²) < 4.78 is 33.4. The molecule has 0 amide bonds. The molecule has 0 fully saturated rings. The predicted molar refractivity (Wildman–Crippen MR) is 79.7 cm³/mol. The molecule has 0 aliphatic heterocycles. The van der Waals surface area contributed by atoms with Crippen molar-refractivity contribution in [1.82, 2.24) is 14.8 Å². The number of hydrogen-bond donors (Lipinski definition) is 1. The van der Waals surface area contributed by atoms with Gasteiger partial charge < -0.3 is 5.11 Å². The van der Waals surface area contributed by atoms with E-state index in [1.807, 2.05) is 20.8 Å². The highest BCUT2D eigenvalue weighted by Crippen LogP contribution is 2.30. The molecule has 4 nitrogen and oxygen atoms in total. The van der Waals surface area contributed by atoms with E-state index >= 15 is 0 Å². The highest BCUT2D eigenvalue weighted by Gasteiger charge is 2.32. The molecular formula is C15H20ClN3O. The Hall–Kier alpha value is -1.39. The molecule has 1 heterocycles. The van der Waals surface area contributed by atoms with Crippen LogP contribution in [0.1, 0.15) is 37.9 Å². The lowest BCUT2D eigenvalue weighted by molar-refractivity contribution is 0.0124. The molecule has 0 saturated carbocycles. The summed E-state index contributed by atoms with van der Waals surface area (Å²) in [5, 5.41) is 14.6. The summed E-state index contributed by atoms with van der Waals surface area (Å²) in [6.45, 7) is 5.62. The van der Waals surface area contributed by atoms with E-state index in [0.717, 1.165) is 0 Å². The summed E-state index contributed by atoms with van der Waals surface area (Å²) in [7, 11) is 0. The summed E-state index contributed by atoms with van der Waals surface area (Å²) in [5.74, 6) is 0. The van der Waals surface area contributed by atoms with Crippen LogP contribution in [0, 0.1) is 5.41 Å². The lowest BCUT2D eigenvalue weighted by atomic mass is 9.82. The summed E-state index contributed by atoms with van der Waals surface area (Å²) in [4.78, 5) is 3.90. The Bertz CT molecular complexity index is 702. The minimum atomic E-state index is -0.836. The Labute approximate surface area is 130 Å². The molecule has 108 valence electrons. The first-order valence-corrected chi connectivity index (χ1v) is 6.70. The minimum Gasteiger partial charge on any atom is -0.390 e. The van der Waals surface area contributed by atoms with Crippen LogP contribution in [-0.4, -0.2) is 26.0 Å². The van der Waals surface area contributed by atoms with Gasteiger partial charge in [0.1, 0.15) is 12.7 Å². The third-order valence-electron chi connectivity index (χ3n) is 3.09. The van der Waals surface area contributed by atoms with Crippen molar-refractivity contribution in [1.29, 1.82) is 0 Å². The van der Waals surface area contributed by atoms with Gasteiger partial charge in [-0.15, -0.1) is 0 Å². The summed E-state index contributed by atoms with van der Waals surface area (Å²) in [6.07, 6.45) is 2.05. The molecule has 0 saturated heterocycles. The predicted octanol–water partition coefficient (Wildman–Crippen LogP) is 3.12. The Balaban J connectivity index is 2.53. The molecular weight excluding hydrogens is 274 g/mol. The molecule has 1 N–H and O–H groups in total. The molecule has 2 atom stereocenters. The molecule has 0 aliphatic carbocycles. The molecule has 0 radical (unpaired) electrons. The highest BCUT2D eigenvalue weighted by atomic mass is 35.5. The second-order valence-corrected chi connectivity index (χ2v) is 6.13. The molecule has 0 unspecified atom stereocenters. The van der Waals surface area contributed by atoms with Crippen molar-refractivity contribution in [2.45, 2.75) is 39.3 Å². The van der Waals surface area contributed by atoms with Crippen molar-refractivity contribution in [3.8, 4) is 0 Å². The van der Waals surface area contributed by atoms with Gasteiger partial charge >= 0.3 is 0 Å². The van der Waals surface area contributed by atoms with Crippen molar-refractivity contribution < 1.29 is 10.6 Å². The van der Waals surface area contributed by atoms with E-state index in [4.69, 9.17) is 17.1 Å². The van der Waals surface area contributed by atoms with E-state index in [-0.39, 0.29) is 41.2 Å². The van der Waals surface area contributed by atoms with Crippen molar-refractivity contribution in [3.63, 3.8) is 0 Å². The number of benzene rings is 1. The molecule has 5 heteroatoms. The van der Waals surface area contributed by atoms with Crippen LogP contribution in [0.15, 0.2) is 36.8 Å². The van der Waals surface area contributed by atoms with E-state index in [1.54, 1.807) is 0 Å².